The van der Waals surface area contributed by atoms with Crippen LogP contribution in [0.3, 0.4) is 0 Å². The Balaban J connectivity index is 1.50. The second-order valence-electron chi connectivity index (χ2n) is 7.79. The Morgan fingerprint density at radius 1 is 1.03 bits per heavy atom. The monoisotopic (exact) mass is 436 g/mol. The van der Waals surface area contributed by atoms with Gasteiger partial charge in [0.1, 0.15) is 17.4 Å². The van der Waals surface area contributed by atoms with Crippen LogP contribution in [-0.4, -0.2) is 24.3 Å². The van der Waals surface area contributed by atoms with Crippen molar-refractivity contribution in [2.75, 3.05) is 6.54 Å². The van der Waals surface area contributed by atoms with Crippen molar-refractivity contribution in [1.82, 2.24) is 9.29 Å². The Morgan fingerprint density at radius 2 is 1.77 bits per heavy atom. The Kier molecular flexibility index (Phi) is 4.87. The molecule has 0 saturated carbocycles. The van der Waals surface area contributed by atoms with E-state index in [0.29, 0.717) is 35.5 Å². The third-order valence-electron chi connectivity index (χ3n) is 5.73. The molecule has 4 aromatic rings. The molecule has 3 aromatic carbocycles. The molecule has 1 fully saturated rings. The van der Waals surface area contributed by atoms with E-state index in [-0.39, 0.29) is 10.7 Å². The predicted molar refractivity (Wildman–Crippen MR) is 116 cm³/mol. The predicted octanol–water partition coefficient (Wildman–Crippen LogP) is 5.47. The first-order chi connectivity index (χ1) is 14.9. The van der Waals surface area contributed by atoms with Gasteiger partial charge in [0.25, 0.3) is 0 Å². The molecule has 0 amide bonds. The van der Waals surface area contributed by atoms with Crippen molar-refractivity contribution in [3.63, 3.8) is 0 Å². The lowest BCUT2D eigenvalue weighted by Crippen LogP contribution is -2.30. The van der Waals surface area contributed by atoms with E-state index in [1.165, 1.54) is 10.4 Å². The Labute approximate surface area is 180 Å². The van der Waals surface area contributed by atoms with Gasteiger partial charge >= 0.3 is 0 Å². The molecule has 0 radical (unpaired) electrons. The van der Waals surface area contributed by atoms with Gasteiger partial charge in [0, 0.05) is 6.54 Å². The lowest BCUT2D eigenvalue weighted by Gasteiger charge is -2.21. The number of halogens is 1. The molecular formula is C24H21FN2O3S. The van der Waals surface area contributed by atoms with Crippen LogP contribution in [-0.2, 0) is 10.0 Å². The van der Waals surface area contributed by atoms with Crippen LogP contribution in [0.25, 0.3) is 22.2 Å². The highest BCUT2D eigenvalue weighted by Crippen LogP contribution is 2.37. The van der Waals surface area contributed by atoms with Gasteiger partial charge in [0.15, 0.2) is 5.58 Å². The number of hydrogen-bond acceptors (Lipinski definition) is 4. The van der Waals surface area contributed by atoms with Gasteiger partial charge in [0.05, 0.1) is 4.90 Å². The summed E-state index contributed by atoms with van der Waals surface area (Å²) in [5.41, 5.74) is 3.61. The molecule has 1 unspecified atom stereocenters. The summed E-state index contributed by atoms with van der Waals surface area (Å²) in [6, 6.07) is 18.6. The quantitative estimate of drug-likeness (QED) is 0.426. The molecule has 0 aliphatic carbocycles. The second kappa shape index (κ2) is 7.59. The number of oxazole rings is 1. The summed E-state index contributed by atoms with van der Waals surface area (Å²) in [6.45, 7) is 2.16. The minimum Gasteiger partial charge on any atom is -0.439 e. The molecule has 0 spiro atoms. The van der Waals surface area contributed by atoms with E-state index in [9.17, 15) is 12.8 Å². The van der Waals surface area contributed by atoms with Crippen LogP contribution in [0.5, 0.6) is 0 Å². The first kappa shape index (κ1) is 19.9. The molecular weight excluding hydrogens is 415 g/mol. The summed E-state index contributed by atoms with van der Waals surface area (Å²) in [5, 5.41) is 0. The fraction of sp³-hybridized carbons (Fsp3) is 0.208. The van der Waals surface area contributed by atoms with Gasteiger partial charge in [0.2, 0.25) is 15.9 Å². The van der Waals surface area contributed by atoms with Crippen LogP contribution in [0.15, 0.2) is 76.0 Å². The van der Waals surface area contributed by atoms with E-state index in [4.69, 9.17) is 4.42 Å². The number of nitrogens with zero attached hydrogens (tertiary/aromatic N) is 2. The smallest absolute Gasteiger partial charge is 0.243 e. The molecule has 7 heteroatoms. The third kappa shape index (κ3) is 3.54. The summed E-state index contributed by atoms with van der Waals surface area (Å²) in [5.74, 6) is 0.161. The maximum Gasteiger partial charge on any atom is 0.243 e. The number of aryl methyl sites for hydroxylation is 1. The summed E-state index contributed by atoms with van der Waals surface area (Å²) in [6.07, 6.45) is 1.40. The molecule has 5 rings (SSSR count). The molecule has 1 aliphatic heterocycles. The summed E-state index contributed by atoms with van der Waals surface area (Å²) in [4.78, 5) is 4.90. The average molecular weight is 437 g/mol. The highest BCUT2D eigenvalue weighted by molar-refractivity contribution is 7.89. The van der Waals surface area contributed by atoms with E-state index in [2.05, 4.69) is 4.98 Å². The van der Waals surface area contributed by atoms with Crippen LogP contribution in [0, 0.1) is 12.7 Å². The fourth-order valence-corrected chi connectivity index (χ4v) is 5.77. The van der Waals surface area contributed by atoms with E-state index < -0.39 is 16.1 Å². The minimum absolute atomic E-state index is 0.241. The molecule has 1 aromatic heterocycles. The van der Waals surface area contributed by atoms with Crippen LogP contribution >= 0.6 is 0 Å². The number of aromatic nitrogens is 1. The van der Waals surface area contributed by atoms with Gasteiger partial charge in [-0.2, -0.15) is 4.31 Å². The lowest BCUT2D eigenvalue weighted by atomic mass is 10.0. The SMILES string of the molecule is Cc1cc(-c2ccc3oc(C4CCCN4S(=O)(=O)c4ccccc4)nc3c2)ccc1F. The van der Waals surface area contributed by atoms with E-state index in [0.717, 1.165) is 17.5 Å². The summed E-state index contributed by atoms with van der Waals surface area (Å²) < 4.78 is 47.4. The minimum atomic E-state index is -3.64. The van der Waals surface area contributed by atoms with Crippen LogP contribution in [0.4, 0.5) is 4.39 Å². The number of benzene rings is 3. The average Bonchev–Trinajstić information content (AvgIpc) is 3.43. The highest BCUT2D eigenvalue weighted by atomic mass is 32.2. The normalized spacial score (nSPS) is 17.4. The topological polar surface area (TPSA) is 63.4 Å². The van der Waals surface area contributed by atoms with Gasteiger partial charge in [-0.1, -0.05) is 30.3 Å². The highest BCUT2D eigenvalue weighted by Gasteiger charge is 2.38. The van der Waals surface area contributed by atoms with Gasteiger partial charge in [-0.15, -0.1) is 0 Å². The second-order valence-corrected chi connectivity index (χ2v) is 9.68. The molecule has 1 aliphatic rings. The zero-order valence-corrected chi connectivity index (χ0v) is 17.8. The van der Waals surface area contributed by atoms with E-state index >= 15 is 0 Å². The number of hydrogen-bond donors (Lipinski definition) is 0. The van der Waals surface area contributed by atoms with Gasteiger partial charge < -0.3 is 4.42 Å². The first-order valence-corrected chi connectivity index (χ1v) is 11.6. The molecule has 1 saturated heterocycles. The number of rotatable bonds is 4. The molecule has 1 atom stereocenters. The van der Waals surface area contributed by atoms with Gasteiger partial charge in [-0.25, -0.2) is 17.8 Å². The fourth-order valence-electron chi connectivity index (χ4n) is 4.09. The zero-order valence-electron chi connectivity index (χ0n) is 17.0. The molecule has 5 nitrogen and oxygen atoms in total. The van der Waals surface area contributed by atoms with Crippen molar-refractivity contribution >= 4 is 21.1 Å². The van der Waals surface area contributed by atoms with Crippen LogP contribution in [0.2, 0.25) is 0 Å². The van der Waals surface area contributed by atoms with Gasteiger partial charge in [-0.05, 0) is 72.9 Å². The maximum atomic E-state index is 13.6. The largest absolute Gasteiger partial charge is 0.439 e. The summed E-state index contributed by atoms with van der Waals surface area (Å²) >= 11 is 0. The standard InChI is InChI=1S/C24H21FN2O3S/c1-16-14-17(9-11-20(16)25)18-10-12-23-21(15-18)26-24(30-23)22-8-5-13-27(22)31(28,29)19-6-3-2-4-7-19/h2-4,6-7,9-12,14-15,22H,5,8,13H2,1H3. The Bertz CT molecular complexity index is 1370. The van der Waals surface area contributed by atoms with Crippen molar-refractivity contribution in [3.05, 3.63) is 84.0 Å². The Morgan fingerprint density at radius 3 is 2.55 bits per heavy atom. The van der Waals surface area contributed by atoms with E-state index in [1.54, 1.807) is 49.4 Å². The maximum absolute atomic E-state index is 13.6. The molecule has 31 heavy (non-hydrogen) atoms. The van der Waals surface area contributed by atoms with Crippen molar-refractivity contribution in [2.45, 2.75) is 30.7 Å². The number of sulfonamides is 1. The summed E-state index contributed by atoms with van der Waals surface area (Å²) in [7, 11) is -3.64. The van der Waals surface area contributed by atoms with Gasteiger partial charge in [-0.3, -0.25) is 0 Å². The molecule has 158 valence electrons. The van der Waals surface area contributed by atoms with Crippen LogP contribution < -0.4 is 0 Å². The lowest BCUT2D eigenvalue weighted by molar-refractivity contribution is 0.337. The molecule has 0 N–H and O–H groups in total. The zero-order chi connectivity index (χ0) is 21.6. The van der Waals surface area contributed by atoms with Crippen molar-refractivity contribution in [3.8, 4) is 11.1 Å². The third-order valence-corrected chi connectivity index (χ3v) is 7.66. The van der Waals surface area contributed by atoms with Crippen molar-refractivity contribution in [1.29, 1.82) is 0 Å². The van der Waals surface area contributed by atoms with Crippen LogP contribution in [0.1, 0.15) is 30.3 Å². The Hall–Kier alpha value is -3.03. The molecule has 2 heterocycles. The number of fused-ring (bicyclic) bond motifs is 1. The van der Waals surface area contributed by atoms with Crippen molar-refractivity contribution < 1.29 is 17.2 Å². The molecule has 0 bridgehead atoms. The van der Waals surface area contributed by atoms with Crippen molar-refractivity contribution in [2.24, 2.45) is 0 Å². The van der Waals surface area contributed by atoms with E-state index in [1.807, 2.05) is 18.2 Å². The first-order valence-electron chi connectivity index (χ1n) is 10.2.